The highest BCUT2D eigenvalue weighted by Crippen LogP contribution is 2.08. The lowest BCUT2D eigenvalue weighted by Gasteiger charge is -2.06. The van der Waals surface area contributed by atoms with Crippen molar-refractivity contribution >= 4 is 11.8 Å². The normalized spacial score (nSPS) is 10.0. The number of pyridine rings is 1. The van der Waals surface area contributed by atoms with Crippen LogP contribution >= 0.6 is 0 Å². The van der Waals surface area contributed by atoms with E-state index in [0.29, 0.717) is 12.1 Å². The summed E-state index contributed by atoms with van der Waals surface area (Å²) in [4.78, 5) is 14.7. The first-order valence-electron chi connectivity index (χ1n) is 5.68. The molecule has 0 bridgehead atoms. The minimum atomic E-state index is -0.846. The zero-order valence-corrected chi connectivity index (χ0v) is 9.84. The third-order valence-electron chi connectivity index (χ3n) is 2.50. The topological polar surface area (TPSA) is 62.2 Å². The summed E-state index contributed by atoms with van der Waals surface area (Å²) in [6, 6.07) is 13.6. The van der Waals surface area contributed by atoms with Crippen LogP contribution in [0.1, 0.15) is 11.1 Å². The molecule has 0 atom stereocenters. The second-order valence-corrected chi connectivity index (χ2v) is 3.96. The van der Waals surface area contributed by atoms with Crippen molar-refractivity contribution in [3.63, 3.8) is 0 Å². The maximum Gasteiger partial charge on any atom is 0.307 e. The molecule has 2 rings (SSSR count). The lowest BCUT2D eigenvalue weighted by molar-refractivity contribution is -0.136. The summed E-state index contributed by atoms with van der Waals surface area (Å²) in [6.07, 6.45) is 1.59. The predicted octanol–water partition coefficient (Wildman–Crippen LogP) is 2.32. The number of nitrogens with zero attached hydrogens (tertiary/aromatic N) is 1. The summed E-state index contributed by atoms with van der Waals surface area (Å²) >= 11 is 0. The number of nitrogens with one attached hydrogen (secondary N) is 1. The highest BCUT2D eigenvalue weighted by Gasteiger charge is 2.01. The van der Waals surface area contributed by atoms with E-state index >= 15 is 0 Å². The second-order valence-electron chi connectivity index (χ2n) is 3.96. The molecule has 1 heterocycles. The Morgan fingerprint density at radius 2 is 1.89 bits per heavy atom. The van der Waals surface area contributed by atoms with Gasteiger partial charge in [-0.25, -0.2) is 4.98 Å². The van der Waals surface area contributed by atoms with E-state index in [4.69, 9.17) is 5.11 Å². The Bertz CT molecular complexity index is 509. The molecule has 1 aromatic heterocycles. The van der Waals surface area contributed by atoms with Gasteiger partial charge in [0.2, 0.25) is 0 Å². The lowest BCUT2D eigenvalue weighted by atomic mass is 10.2. The number of hydrogen-bond donors (Lipinski definition) is 2. The van der Waals surface area contributed by atoms with Gasteiger partial charge >= 0.3 is 5.97 Å². The molecule has 0 saturated carbocycles. The highest BCUT2D eigenvalue weighted by atomic mass is 16.4. The monoisotopic (exact) mass is 242 g/mol. The number of carboxylic acid groups (broad SMARTS) is 1. The number of aliphatic carboxylic acids is 1. The highest BCUT2D eigenvalue weighted by molar-refractivity contribution is 5.70. The van der Waals surface area contributed by atoms with Crippen LogP contribution in [0.5, 0.6) is 0 Å². The van der Waals surface area contributed by atoms with Crippen molar-refractivity contribution in [3.05, 3.63) is 59.8 Å². The largest absolute Gasteiger partial charge is 0.481 e. The van der Waals surface area contributed by atoms with E-state index < -0.39 is 5.97 Å². The summed E-state index contributed by atoms with van der Waals surface area (Å²) < 4.78 is 0. The van der Waals surface area contributed by atoms with Crippen LogP contribution in [0, 0.1) is 0 Å². The molecule has 0 spiro atoms. The van der Waals surface area contributed by atoms with Crippen LogP contribution in [-0.4, -0.2) is 16.1 Å². The first-order chi connectivity index (χ1) is 8.74. The van der Waals surface area contributed by atoms with Gasteiger partial charge in [-0.2, -0.15) is 0 Å². The van der Waals surface area contributed by atoms with E-state index in [2.05, 4.69) is 10.3 Å². The van der Waals surface area contributed by atoms with Crippen molar-refractivity contribution in [2.45, 2.75) is 13.0 Å². The van der Waals surface area contributed by atoms with Crippen LogP contribution in [0.25, 0.3) is 0 Å². The van der Waals surface area contributed by atoms with E-state index in [1.54, 1.807) is 18.3 Å². The second kappa shape index (κ2) is 5.82. The van der Waals surface area contributed by atoms with Gasteiger partial charge in [0.25, 0.3) is 0 Å². The molecule has 4 nitrogen and oxygen atoms in total. The molecule has 0 unspecified atom stereocenters. The number of rotatable bonds is 5. The first kappa shape index (κ1) is 12.1. The van der Waals surface area contributed by atoms with Crippen LogP contribution < -0.4 is 5.32 Å². The number of carboxylic acids is 1. The average molecular weight is 242 g/mol. The van der Waals surface area contributed by atoms with Gasteiger partial charge in [0, 0.05) is 12.7 Å². The van der Waals surface area contributed by atoms with Gasteiger partial charge in [0.15, 0.2) is 0 Å². The summed E-state index contributed by atoms with van der Waals surface area (Å²) in [7, 11) is 0. The third kappa shape index (κ3) is 3.59. The molecule has 1 aromatic carbocycles. The van der Waals surface area contributed by atoms with Gasteiger partial charge < -0.3 is 10.4 Å². The van der Waals surface area contributed by atoms with Crippen molar-refractivity contribution in [1.29, 1.82) is 0 Å². The molecule has 0 aliphatic carbocycles. The molecule has 2 N–H and O–H groups in total. The van der Waals surface area contributed by atoms with E-state index in [1.165, 1.54) is 5.56 Å². The van der Waals surface area contributed by atoms with Crippen molar-refractivity contribution < 1.29 is 9.90 Å². The minimum absolute atomic E-state index is 0.00592. The lowest BCUT2D eigenvalue weighted by Crippen LogP contribution is -2.03. The molecular formula is C14H14N2O2. The summed E-state index contributed by atoms with van der Waals surface area (Å²) in [5.74, 6) is -0.102. The van der Waals surface area contributed by atoms with Gasteiger partial charge in [-0.05, 0) is 17.2 Å². The zero-order valence-electron chi connectivity index (χ0n) is 9.84. The van der Waals surface area contributed by atoms with Gasteiger partial charge in [0.05, 0.1) is 6.42 Å². The van der Waals surface area contributed by atoms with Crippen molar-refractivity contribution in [2.24, 2.45) is 0 Å². The number of anilines is 1. The smallest absolute Gasteiger partial charge is 0.307 e. The van der Waals surface area contributed by atoms with Crippen molar-refractivity contribution in [3.8, 4) is 0 Å². The molecule has 0 radical (unpaired) electrons. The number of aromatic nitrogens is 1. The maximum atomic E-state index is 10.5. The SMILES string of the molecule is O=C(O)Cc1ccc(NCc2ccccc2)nc1. The molecule has 92 valence electrons. The van der Waals surface area contributed by atoms with Gasteiger partial charge in [-0.15, -0.1) is 0 Å². The predicted molar refractivity (Wildman–Crippen MR) is 69.3 cm³/mol. The van der Waals surface area contributed by atoms with E-state index in [9.17, 15) is 4.79 Å². The van der Waals surface area contributed by atoms with Gasteiger partial charge in [0.1, 0.15) is 5.82 Å². The molecular weight excluding hydrogens is 228 g/mol. The fourth-order valence-electron chi connectivity index (χ4n) is 1.60. The Balaban J connectivity index is 1.92. The maximum absolute atomic E-state index is 10.5. The Hall–Kier alpha value is -2.36. The number of benzene rings is 1. The quantitative estimate of drug-likeness (QED) is 0.844. The zero-order chi connectivity index (χ0) is 12.8. The number of hydrogen-bond acceptors (Lipinski definition) is 3. The van der Waals surface area contributed by atoms with Crippen LogP contribution in [0.3, 0.4) is 0 Å². The Morgan fingerprint density at radius 3 is 2.50 bits per heavy atom. The number of carbonyl (C=O) groups is 1. The van der Waals surface area contributed by atoms with Crippen molar-refractivity contribution in [2.75, 3.05) is 5.32 Å². The third-order valence-corrected chi connectivity index (χ3v) is 2.50. The molecule has 0 amide bonds. The fraction of sp³-hybridized carbons (Fsp3) is 0.143. The molecule has 2 aromatic rings. The summed E-state index contributed by atoms with van der Waals surface area (Å²) in [5.41, 5.74) is 1.88. The van der Waals surface area contributed by atoms with Crippen LogP contribution in [0.15, 0.2) is 48.7 Å². The van der Waals surface area contributed by atoms with Crippen LogP contribution in [-0.2, 0) is 17.8 Å². The molecule has 0 fully saturated rings. The van der Waals surface area contributed by atoms with Crippen LogP contribution in [0.4, 0.5) is 5.82 Å². The molecule has 0 saturated heterocycles. The summed E-state index contributed by atoms with van der Waals surface area (Å²) in [6.45, 7) is 0.701. The first-order valence-corrected chi connectivity index (χ1v) is 5.68. The standard InChI is InChI=1S/C14H14N2O2/c17-14(18)8-12-6-7-13(16-10-12)15-9-11-4-2-1-3-5-11/h1-7,10H,8-9H2,(H,15,16)(H,17,18). The average Bonchev–Trinajstić information content (AvgIpc) is 2.38. The summed E-state index contributed by atoms with van der Waals surface area (Å²) in [5, 5.41) is 11.8. The molecule has 0 aliphatic heterocycles. The van der Waals surface area contributed by atoms with Gasteiger partial charge in [-0.3, -0.25) is 4.79 Å². The fourth-order valence-corrected chi connectivity index (χ4v) is 1.60. The Kier molecular flexibility index (Phi) is 3.91. The minimum Gasteiger partial charge on any atom is -0.481 e. The molecule has 4 heteroatoms. The van der Waals surface area contributed by atoms with Crippen LogP contribution in [0.2, 0.25) is 0 Å². The molecule has 18 heavy (non-hydrogen) atoms. The molecule has 0 aliphatic rings. The van der Waals surface area contributed by atoms with E-state index in [1.807, 2.05) is 30.3 Å². The van der Waals surface area contributed by atoms with Crippen molar-refractivity contribution in [1.82, 2.24) is 4.98 Å². The Morgan fingerprint density at radius 1 is 1.11 bits per heavy atom. The van der Waals surface area contributed by atoms with E-state index in [0.717, 1.165) is 5.82 Å². The van der Waals surface area contributed by atoms with E-state index in [-0.39, 0.29) is 6.42 Å². The Labute approximate surface area is 105 Å². The van der Waals surface area contributed by atoms with Gasteiger partial charge in [-0.1, -0.05) is 36.4 Å².